The fraction of sp³-hybridized carbons (Fsp3) is 0.467. The summed E-state index contributed by atoms with van der Waals surface area (Å²) in [5, 5.41) is 9.20. The van der Waals surface area contributed by atoms with Crippen LogP contribution in [-0.2, 0) is 11.2 Å². The molecule has 0 amide bonds. The smallest absolute Gasteiger partial charge is 0.314 e. The molecule has 0 radical (unpaired) electrons. The van der Waals surface area contributed by atoms with Crippen molar-refractivity contribution < 1.29 is 24.2 Å². The first-order valence-corrected chi connectivity index (χ1v) is 6.61. The van der Waals surface area contributed by atoms with Crippen molar-refractivity contribution in [2.24, 2.45) is 5.92 Å². The van der Waals surface area contributed by atoms with Crippen LogP contribution in [0, 0.1) is 5.92 Å². The average molecular weight is 278 g/mol. The number of aliphatic carboxylic acids is 1. The summed E-state index contributed by atoms with van der Waals surface area (Å²) in [5.74, 6) is -1.27. The third-order valence-corrected chi connectivity index (χ3v) is 3.70. The van der Waals surface area contributed by atoms with E-state index < -0.39 is 11.9 Å². The number of hydrogen-bond donors (Lipinski definition) is 1. The molecule has 0 aromatic heterocycles. The van der Waals surface area contributed by atoms with E-state index in [1.807, 2.05) is 0 Å². The van der Waals surface area contributed by atoms with Crippen molar-refractivity contribution in [2.45, 2.75) is 25.7 Å². The van der Waals surface area contributed by atoms with Crippen molar-refractivity contribution in [1.29, 1.82) is 0 Å². The van der Waals surface area contributed by atoms with Crippen LogP contribution in [0.1, 0.15) is 35.2 Å². The number of hydrogen-bond acceptors (Lipinski definition) is 4. The van der Waals surface area contributed by atoms with Gasteiger partial charge in [-0.2, -0.15) is 0 Å². The lowest BCUT2D eigenvalue weighted by Crippen LogP contribution is -2.26. The molecular formula is C15H18O5. The summed E-state index contributed by atoms with van der Waals surface area (Å²) in [6.07, 6.45) is 2.62. The topological polar surface area (TPSA) is 72.8 Å². The quantitative estimate of drug-likeness (QED) is 0.859. The van der Waals surface area contributed by atoms with Crippen molar-refractivity contribution in [3.8, 4) is 11.5 Å². The van der Waals surface area contributed by atoms with Crippen molar-refractivity contribution in [3.05, 3.63) is 23.3 Å². The minimum atomic E-state index is -1.06. The zero-order valence-electron chi connectivity index (χ0n) is 11.6. The molecule has 0 bridgehead atoms. The Balaban J connectivity index is 2.55. The molecular weight excluding hydrogens is 260 g/mol. The second-order valence-electron chi connectivity index (χ2n) is 4.83. The molecule has 20 heavy (non-hydrogen) atoms. The van der Waals surface area contributed by atoms with Gasteiger partial charge in [0.15, 0.2) is 17.3 Å². The number of ether oxygens (including phenoxy) is 2. The van der Waals surface area contributed by atoms with E-state index in [0.717, 1.165) is 12.0 Å². The van der Waals surface area contributed by atoms with E-state index in [-0.39, 0.29) is 5.78 Å². The number of rotatable bonds is 3. The number of carboxylic acid groups (broad SMARTS) is 1. The van der Waals surface area contributed by atoms with Crippen molar-refractivity contribution in [2.75, 3.05) is 14.2 Å². The van der Waals surface area contributed by atoms with Crippen molar-refractivity contribution in [1.82, 2.24) is 0 Å². The van der Waals surface area contributed by atoms with Gasteiger partial charge in [0.05, 0.1) is 14.2 Å². The molecule has 1 aromatic carbocycles. The molecule has 0 spiro atoms. The number of fused-ring (bicyclic) bond motifs is 1. The van der Waals surface area contributed by atoms with Crippen LogP contribution in [0.5, 0.6) is 11.5 Å². The molecule has 1 N–H and O–H groups in total. The summed E-state index contributed by atoms with van der Waals surface area (Å²) in [7, 11) is 3.06. The Bertz CT molecular complexity index is 535. The van der Waals surface area contributed by atoms with Gasteiger partial charge in [-0.05, 0) is 31.4 Å². The van der Waals surface area contributed by atoms with E-state index in [1.165, 1.54) is 14.2 Å². The third-order valence-electron chi connectivity index (χ3n) is 3.70. The number of benzene rings is 1. The summed E-state index contributed by atoms with van der Waals surface area (Å²) in [6, 6.07) is 3.29. The normalized spacial score (nSPS) is 18.7. The molecule has 0 heterocycles. The van der Waals surface area contributed by atoms with Gasteiger partial charge in [0, 0.05) is 11.1 Å². The standard InChI is InChI=1S/C15H18O5/c1-19-12-8-7-9-10(14(12)20-2)5-3-4-6-11(13(9)16)15(17)18/h7-8,11H,3-6H2,1-2H3,(H,17,18). The lowest BCUT2D eigenvalue weighted by atomic mass is 9.85. The Kier molecular flexibility index (Phi) is 4.27. The highest BCUT2D eigenvalue weighted by Gasteiger charge is 2.31. The largest absolute Gasteiger partial charge is 0.493 e. The van der Waals surface area contributed by atoms with Gasteiger partial charge in [-0.3, -0.25) is 9.59 Å². The fourth-order valence-electron chi connectivity index (χ4n) is 2.67. The van der Waals surface area contributed by atoms with Crippen molar-refractivity contribution >= 4 is 11.8 Å². The van der Waals surface area contributed by atoms with Crippen LogP contribution in [0.4, 0.5) is 0 Å². The molecule has 1 aromatic rings. The van der Waals surface area contributed by atoms with Crippen LogP contribution < -0.4 is 9.47 Å². The van der Waals surface area contributed by atoms with Crippen LogP contribution in [0.3, 0.4) is 0 Å². The molecule has 1 atom stereocenters. The van der Waals surface area contributed by atoms with Crippen LogP contribution >= 0.6 is 0 Å². The number of ketones is 1. The Morgan fingerprint density at radius 1 is 1.25 bits per heavy atom. The molecule has 5 heteroatoms. The molecule has 0 saturated heterocycles. The highest BCUT2D eigenvalue weighted by Crippen LogP contribution is 2.37. The zero-order chi connectivity index (χ0) is 14.7. The summed E-state index contributed by atoms with van der Waals surface area (Å²) in [4.78, 5) is 23.7. The van der Waals surface area contributed by atoms with Crippen LogP contribution in [0.25, 0.3) is 0 Å². The molecule has 0 saturated carbocycles. The molecule has 0 fully saturated rings. The Morgan fingerprint density at radius 3 is 2.60 bits per heavy atom. The second-order valence-corrected chi connectivity index (χ2v) is 4.83. The number of methoxy groups -OCH3 is 2. The minimum absolute atomic E-state index is 0.340. The average Bonchev–Trinajstić information content (AvgIpc) is 2.43. The van der Waals surface area contributed by atoms with E-state index in [4.69, 9.17) is 9.47 Å². The maximum Gasteiger partial charge on any atom is 0.314 e. The van der Waals surface area contributed by atoms with Crippen LogP contribution in [0.2, 0.25) is 0 Å². The molecule has 1 unspecified atom stereocenters. The lowest BCUT2D eigenvalue weighted by molar-refractivity contribution is -0.140. The number of carboxylic acids is 1. The highest BCUT2D eigenvalue weighted by atomic mass is 16.5. The molecule has 108 valence electrons. The van der Waals surface area contributed by atoms with Gasteiger partial charge in [-0.25, -0.2) is 0 Å². The summed E-state index contributed by atoms with van der Waals surface area (Å²) >= 11 is 0. The van der Waals surface area contributed by atoms with E-state index in [0.29, 0.717) is 36.3 Å². The Labute approximate surface area is 117 Å². The first-order valence-electron chi connectivity index (χ1n) is 6.61. The number of carbonyl (C=O) groups excluding carboxylic acids is 1. The predicted molar refractivity (Wildman–Crippen MR) is 72.6 cm³/mol. The summed E-state index contributed by atoms with van der Waals surface area (Å²) in [6.45, 7) is 0. The number of Topliss-reactive ketones (excluding diaryl/α,β-unsaturated/α-hetero) is 1. The lowest BCUT2D eigenvalue weighted by Gasteiger charge is -2.21. The van der Waals surface area contributed by atoms with Gasteiger partial charge in [0.1, 0.15) is 5.92 Å². The molecule has 1 aliphatic rings. The molecule has 2 rings (SSSR count). The predicted octanol–water partition coefficient (Wildman–Crippen LogP) is 2.31. The third kappa shape index (κ3) is 2.48. The van der Waals surface area contributed by atoms with E-state index >= 15 is 0 Å². The van der Waals surface area contributed by atoms with E-state index in [1.54, 1.807) is 12.1 Å². The van der Waals surface area contributed by atoms with E-state index in [9.17, 15) is 14.7 Å². The van der Waals surface area contributed by atoms with Gasteiger partial charge in [-0.15, -0.1) is 0 Å². The second kappa shape index (κ2) is 5.94. The Morgan fingerprint density at radius 2 is 2.00 bits per heavy atom. The highest BCUT2D eigenvalue weighted by molar-refractivity contribution is 6.09. The zero-order valence-corrected chi connectivity index (χ0v) is 11.6. The molecule has 0 aliphatic heterocycles. The van der Waals surface area contributed by atoms with Crippen LogP contribution in [-0.4, -0.2) is 31.1 Å². The van der Waals surface area contributed by atoms with E-state index in [2.05, 4.69) is 0 Å². The van der Waals surface area contributed by atoms with Gasteiger partial charge in [0.25, 0.3) is 0 Å². The maximum absolute atomic E-state index is 12.4. The molecule has 1 aliphatic carbocycles. The van der Waals surface area contributed by atoms with Gasteiger partial charge >= 0.3 is 5.97 Å². The summed E-state index contributed by atoms with van der Waals surface area (Å²) < 4.78 is 10.6. The minimum Gasteiger partial charge on any atom is -0.493 e. The molecule has 5 nitrogen and oxygen atoms in total. The fourth-order valence-corrected chi connectivity index (χ4v) is 2.67. The first-order chi connectivity index (χ1) is 9.60. The summed E-state index contributed by atoms with van der Waals surface area (Å²) in [5.41, 5.74) is 1.19. The van der Waals surface area contributed by atoms with Gasteiger partial charge < -0.3 is 14.6 Å². The number of carbonyl (C=O) groups is 2. The van der Waals surface area contributed by atoms with Gasteiger partial charge in [0.2, 0.25) is 0 Å². The van der Waals surface area contributed by atoms with Crippen molar-refractivity contribution in [3.63, 3.8) is 0 Å². The first kappa shape index (κ1) is 14.4. The van der Waals surface area contributed by atoms with Gasteiger partial charge in [-0.1, -0.05) is 6.42 Å². The SMILES string of the molecule is COc1ccc2c(c1OC)CCCCC(C(=O)O)C2=O. The maximum atomic E-state index is 12.4. The van der Waals surface area contributed by atoms with Crippen LogP contribution in [0.15, 0.2) is 12.1 Å². The Hall–Kier alpha value is -2.04. The monoisotopic (exact) mass is 278 g/mol.